The maximum absolute atomic E-state index is 6.00. The molecule has 134 valence electrons. The number of nitrogens with one attached hydrogen (secondary N) is 1. The zero-order valence-corrected chi connectivity index (χ0v) is 17.8. The molecule has 24 heavy (non-hydrogen) atoms. The summed E-state index contributed by atoms with van der Waals surface area (Å²) in [5, 5.41) is 3.25. The Balaban J connectivity index is 0.00000208. The first kappa shape index (κ1) is 19.8. The second-order valence-electron chi connectivity index (χ2n) is 6.25. The van der Waals surface area contributed by atoms with E-state index in [-0.39, 0.29) is 24.0 Å². The number of hydrogen-bond acceptors (Lipinski definition) is 3. The maximum Gasteiger partial charge on any atom is 0.188 e. The molecule has 0 spiro atoms. The number of halogens is 2. The van der Waals surface area contributed by atoms with E-state index in [1.54, 1.807) is 0 Å². The van der Waals surface area contributed by atoms with Crippen LogP contribution >= 0.6 is 39.9 Å². The summed E-state index contributed by atoms with van der Waals surface area (Å²) < 4.78 is 6.53. The van der Waals surface area contributed by atoms with Crippen LogP contribution in [0.2, 0.25) is 0 Å². The SMILES string of the molecule is I.NC(=NCc1ccc(Br)cc1N1CCOCC1)NCC1CCC1. The molecule has 3 N–H and O–H groups in total. The molecule has 1 saturated carbocycles. The van der Waals surface area contributed by atoms with Crippen LogP contribution in [0.4, 0.5) is 5.69 Å². The van der Waals surface area contributed by atoms with E-state index in [0.29, 0.717) is 12.5 Å². The Labute approximate surface area is 169 Å². The standard InChI is InChI=1S/C17H25BrN4O.HI/c18-15-5-4-14(16(10-15)22-6-8-23-9-7-22)12-21-17(19)20-11-13-2-1-3-13;/h4-5,10,13H,1-3,6-9,11-12H2,(H3,19,20,21);1H. The summed E-state index contributed by atoms with van der Waals surface area (Å²) in [6.07, 6.45) is 3.98. The lowest BCUT2D eigenvalue weighted by molar-refractivity contribution is 0.122. The second kappa shape index (κ2) is 9.82. The summed E-state index contributed by atoms with van der Waals surface area (Å²) in [5.41, 5.74) is 8.42. The quantitative estimate of drug-likeness (QED) is 0.364. The summed E-state index contributed by atoms with van der Waals surface area (Å²) in [7, 11) is 0. The number of guanidine groups is 1. The molecular formula is C17H26BrIN4O. The number of nitrogens with two attached hydrogens (primary N) is 1. The van der Waals surface area contributed by atoms with Gasteiger partial charge >= 0.3 is 0 Å². The van der Waals surface area contributed by atoms with Gasteiger partial charge in [-0.25, -0.2) is 4.99 Å². The van der Waals surface area contributed by atoms with Gasteiger partial charge in [-0.1, -0.05) is 28.4 Å². The smallest absolute Gasteiger partial charge is 0.188 e. The molecule has 0 radical (unpaired) electrons. The molecule has 1 saturated heterocycles. The second-order valence-corrected chi connectivity index (χ2v) is 7.17. The van der Waals surface area contributed by atoms with Crippen LogP contribution in [-0.2, 0) is 11.3 Å². The van der Waals surface area contributed by atoms with Crippen LogP contribution in [0.1, 0.15) is 24.8 Å². The third-order valence-electron chi connectivity index (χ3n) is 4.62. The molecule has 2 aliphatic rings. The lowest BCUT2D eigenvalue weighted by atomic mass is 9.85. The van der Waals surface area contributed by atoms with Crippen LogP contribution in [0.5, 0.6) is 0 Å². The first-order valence-electron chi connectivity index (χ1n) is 8.37. The number of benzene rings is 1. The minimum absolute atomic E-state index is 0. The van der Waals surface area contributed by atoms with Crippen LogP contribution < -0.4 is 16.0 Å². The van der Waals surface area contributed by atoms with Crippen molar-refractivity contribution < 1.29 is 4.74 Å². The van der Waals surface area contributed by atoms with Gasteiger partial charge in [-0.2, -0.15) is 0 Å². The number of ether oxygens (including phenoxy) is 1. The fraction of sp³-hybridized carbons (Fsp3) is 0.588. The molecule has 0 aromatic heterocycles. The third kappa shape index (κ3) is 5.49. The fourth-order valence-corrected chi connectivity index (χ4v) is 3.29. The van der Waals surface area contributed by atoms with Gasteiger partial charge < -0.3 is 20.7 Å². The largest absolute Gasteiger partial charge is 0.378 e. The molecule has 0 amide bonds. The van der Waals surface area contributed by atoms with E-state index in [9.17, 15) is 0 Å². The van der Waals surface area contributed by atoms with Crippen LogP contribution in [0.3, 0.4) is 0 Å². The van der Waals surface area contributed by atoms with Crippen LogP contribution in [0.15, 0.2) is 27.7 Å². The minimum Gasteiger partial charge on any atom is -0.378 e. The van der Waals surface area contributed by atoms with E-state index in [0.717, 1.165) is 43.2 Å². The molecule has 7 heteroatoms. The number of morpholine rings is 1. The highest BCUT2D eigenvalue weighted by Gasteiger charge is 2.17. The lowest BCUT2D eigenvalue weighted by Crippen LogP contribution is -2.37. The van der Waals surface area contributed by atoms with Gasteiger partial charge in [-0.3, -0.25) is 0 Å². The van der Waals surface area contributed by atoms with Crippen LogP contribution in [0, 0.1) is 5.92 Å². The van der Waals surface area contributed by atoms with Gasteiger partial charge in [0.15, 0.2) is 5.96 Å². The molecule has 1 heterocycles. The van der Waals surface area contributed by atoms with Gasteiger partial charge in [-0.05, 0) is 36.5 Å². The van der Waals surface area contributed by atoms with Gasteiger partial charge in [-0.15, -0.1) is 24.0 Å². The first-order valence-corrected chi connectivity index (χ1v) is 9.16. The van der Waals surface area contributed by atoms with Gasteiger partial charge in [0.2, 0.25) is 0 Å². The average Bonchev–Trinajstić information content (AvgIpc) is 2.53. The van der Waals surface area contributed by atoms with Crippen molar-refractivity contribution in [3.8, 4) is 0 Å². The first-order chi connectivity index (χ1) is 11.2. The lowest BCUT2D eigenvalue weighted by Gasteiger charge is -2.30. The number of rotatable bonds is 5. The molecular weight excluding hydrogens is 483 g/mol. The van der Waals surface area contributed by atoms with Crippen molar-refractivity contribution in [1.82, 2.24) is 5.32 Å². The molecule has 1 aliphatic heterocycles. The summed E-state index contributed by atoms with van der Waals surface area (Å²) in [6.45, 7) is 4.95. The highest BCUT2D eigenvalue weighted by Crippen LogP contribution is 2.27. The molecule has 0 bridgehead atoms. The predicted octanol–water partition coefficient (Wildman–Crippen LogP) is 3.11. The third-order valence-corrected chi connectivity index (χ3v) is 5.11. The Morgan fingerprint density at radius 3 is 2.75 bits per heavy atom. The zero-order chi connectivity index (χ0) is 16.1. The van der Waals surface area contributed by atoms with Crippen molar-refractivity contribution in [3.63, 3.8) is 0 Å². The zero-order valence-electron chi connectivity index (χ0n) is 13.8. The maximum atomic E-state index is 6.00. The van der Waals surface area contributed by atoms with Crippen molar-refractivity contribution >= 4 is 51.6 Å². The molecule has 1 aromatic rings. The number of hydrogen-bond donors (Lipinski definition) is 2. The van der Waals surface area contributed by atoms with E-state index in [4.69, 9.17) is 10.5 Å². The monoisotopic (exact) mass is 508 g/mol. The van der Waals surface area contributed by atoms with E-state index in [1.807, 2.05) is 0 Å². The Morgan fingerprint density at radius 2 is 2.08 bits per heavy atom. The normalized spacial score (nSPS) is 18.7. The topological polar surface area (TPSA) is 62.9 Å². The molecule has 3 rings (SSSR count). The molecule has 2 fully saturated rings. The van der Waals surface area contributed by atoms with Crippen molar-refractivity contribution in [2.45, 2.75) is 25.8 Å². The van der Waals surface area contributed by atoms with Gasteiger partial charge in [0.1, 0.15) is 0 Å². The summed E-state index contributed by atoms with van der Waals surface area (Å²) >= 11 is 3.57. The van der Waals surface area contributed by atoms with Crippen molar-refractivity contribution in [2.24, 2.45) is 16.6 Å². The summed E-state index contributed by atoms with van der Waals surface area (Å²) in [4.78, 5) is 6.88. The molecule has 0 atom stereocenters. The van der Waals surface area contributed by atoms with Crippen molar-refractivity contribution in [2.75, 3.05) is 37.7 Å². The molecule has 5 nitrogen and oxygen atoms in total. The minimum atomic E-state index is 0. The van der Waals surface area contributed by atoms with E-state index in [2.05, 4.69) is 49.3 Å². The number of anilines is 1. The molecule has 0 unspecified atom stereocenters. The van der Waals surface area contributed by atoms with E-state index < -0.39 is 0 Å². The highest BCUT2D eigenvalue weighted by atomic mass is 127. The van der Waals surface area contributed by atoms with Gasteiger partial charge in [0.25, 0.3) is 0 Å². The van der Waals surface area contributed by atoms with Gasteiger partial charge in [0, 0.05) is 29.8 Å². The Morgan fingerprint density at radius 1 is 1.33 bits per heavy atom. The van der Waals surface area contributed by atoms with Crippen molar-refractivity contribution in [1.29, 1.82) is 0 Å². The highest BCUT2D eigenvalue weighted by molar-refractivity contribution is 14.0. The van der Waals surface area contributed by atoms with E-state index >= 15 is 0 Å². The van der Waals surface area contributed by atoms with Crippen molar-refractivity contribution in [3.05, 3.63) is 28.2 Å². The van der Waals surface area contributed by atoms with Crippen LogP contribution in [0.25, 0.3) is 0 Å². The molecule has 1 aromatic carbocycles. The molecule has 1 aliphatic carbocycles. The van der Waals surface area contributed by atoms with E-state index in [1.165, 1.54) is 30.5 Å². The van der Waals surface area contributed by atoms with Crippen LogP contribution in [-0.4, -0.2) is 38.8 Å². The summed E-state index contributed by atoms with van der Waals surface area (Å²) in [6, 6.07) is 6.35. The number of aliphatic imine (C=N–C) groups is 1. The number of nitrogens with zero attached hydrogens (tertiary/aromatic N) is 2. The fourth-order valence-electron chi connectivity index (χ4n) is 2.94. The predicted molar refractivity (Wildman–Crippen MR) is 113 cm³/mol. The summed E-state index contributed by atoms with van der Waals surface area (Å²) in [5.74, 6) is 1.33. The Bertz CT molecular complexity index is 560. The Hall–Kier alpha value is -0.540. The average molecular weight is 509 g/mol. The van der Waals surface area contributed by atoms with Gasteiger partial charge in [0.05, 0.1) is 19.8 Å². The Kier molecular flexibility index (Phi) is 8.09.